The number of nitrogens with zero attached hydrogens (tertiary/aromatic N) is 2. The molecule has 1 aliphatic rings. The Labute approximate surface area is 196 Å². The number of furan rings is 1. The van der Waals surface area contributed by atoms with Crippen LogP contribution < -0.4 is 10.2 Å². The van der Waals surface area contributed by atoms with E-state index in [1.807, 2.05) is 68.4 Å². The molecule has 2 aromatic carbocycles. The number of aryl methyl sites for hydroxylation is 2. The molecular weight excluding hydrogens is 434 g/mol. The number of carbonyl (C=O) groups is 2. The first-order valence-electron chi connectivity index (χ1n) is 10.5. The summed E-state index contributed by atoms with van der Waals surface area (Å²) in [5.41, 5.74) is 3.70. The van der Waals surface area contributed by atoms with Crippen LogP contribution in [-0.2, 0) is 22.6 Å². The first-order valence-corrected chi connectivity index (χ1v) is 11.4. The van der Waals surface area contributed by atoms with E-state index in [1.165, 1.54) is 22.9 Å². The maximum Gasteiger partial charge on any atom is 0.265 e. The molecule has 1 aromatic heterocycles. The largest absolute Gasteiger partial charge is 0.467 e. The Morgan fingerprint density at radius 2 is 1.91 bits per heavy atom. The van der Waals surface area contributed by atoms with E-state index in [0.717, 1.165) is 16.7 Å². The van der Waals surface area contributed by atoms with Crippen LogP contribution in [0, 0.1) is 25.2 Å². The molecule has 2 amide bonds. The van der Waals surface area contributed by atoms with Crippen LogP contribution in [-0.4, -0.2) is 17.1 Å². The molecule has 0 aliphatic carbocycles. The van der Waals surface area contributed by atoms with E-state index < -0.39 is 11.2 Å². The first kappa shape index (κ1) is 22.4. The second-order valence-corrected chi connectivity index (χ2v) is 8.98. The van der Waals surface area contributed by atoms with Gasteiger partial charge in [-0.2, -0.15) is 5.26 Å². The molecule has 0 spiro atoms. The highest BCUT2D eigenvalue weighted by molar-refractivity contribution is 8.05. The highest BCUT2D eigenvalue weighted by Gasteiger charge is 2.40. The molecule has 3 aromatic rings. The van der Waals surface area contributed by atoms with Gasteiger partial charge in [0.05, 0.1) is 18.1 Å². The Kier molecular flexibility index (Phi) is 6.66. The van der Waals surface area contributed by atoms with Crippen molar-refractivity contribution in [2.45, 2.75) is 32.1 Å². The third-order valence-electron chi connectivity index (χ3n) is 5.52. The fourth-order valence-corrected chi connectivity index (χ4v) is 4.89. The Hall–Kier alpha value is -3.76. The molecule has 1 fully saturated rings. The number of benzene rings is 2. The van der Waals surface area contributed by atoms with Crippen molar-refractivity contribution in [2.24, 2.45) is 0 Å². The number of rotatable bonds is 6. The SMILES string of the molecule is Cc1ccc(N2C(=O)C(Cc3ccccc3)S/C2=C(/C#N)C(=O)NCc2ccco2)cc1C. The summed E-state index contributed by atoms with van der Waals surface area (Å²) in [6.07, 6.45) is 2.02. The Morgan fingerprint density at radius 1 is 1.12 bits per heavy atom. The summed E-state index contributed by atoms with van der Waals surface area (Å²) < 4.78 is 5.25. The van der Waals surface area contributed by atoms with Gasteiger partial charge in [-0.1, -0.05) is 48.2 Å². The number of hydrogen-bond acceptors (Lipinski definition) is 5. The minimum atomic E-state index is -0.543. The van der Waals surface area contributed by atoms with Gasteiger partial charge in [-0.05, 0) is 61.2 Å². The molecule has 6 nitrogen and oxygen atoms in total. The molecule has 0 bridgehead atoms. The zero-order valence-corrected chi connectivity index (χ0v) is 19.2. The van der Waals surface area contributed by atoms with Crippen molar-refractivity contribution >= 4 is 29.3 Å². The molecule has 1 aliphatic heterocycles. The molecule has 0 radical (unpaired) electrons. The number of thioether (sulfide) groups is 1. The second kappa shape index (κ2) is 9.80. The molecule has 7 heteroatoms. The monoisotopic (exact) mass is 457 g/mol. The number of nitrogens with one attached hydrogen (secondary N) is 1. The predicted molar refractivity (Wildman–Crippen MR) is 128 cm³/mol. The highest BCUT2D eigenvalue weighted by atomic mass is 32.2. The summed E-state index contributed by atoms with van der Waals surface area (Å²) in [6, 6.07) is 20.9. The topological polar surface area (TPSA) is 86.3 Å². The summed E-state index contributed by atoms with van der Waals surface area (Å²) in [7, 11) is 0. The number of anilines is 1. The lowest BCUT2D eigenvalue weighted by Gasteiger charge is -2.20. The van der Waals surface area contributed by atoms with E-state index in [4.69, 9.17) is 4.42 Å². The second-order valence-electron chi connectivity index (χ2n) is 7.79. The third-order valence-corrected chi connectivity index (χ3v) is 6.78. The van der Waals surface area contributed by atoms with E-state index in [0.29, 0.717) is 22.9 Å². The van der Waals surface area contributed by atoms with E-state index in [2.05, 4.69) is 5.32 Å². The first-order chi connectivity index (χ1) is 16.0. The maximum absolute atomic E-state index is 13.5. The maximum atomic E-state index is 13.5. The molecular formula is C26H23N3O3S. The number of amides is 2. The fourth-order valence-electron chi connectivity index (χ4n) is 3.58. The Morgan fingerprint density at radius 3 is 2.58 bits per heavy atom. The average Bonchev–Trinajstić information content (AvgIpc) is 3.44. The van der Waals surface area contributed by atoms with Gasteiger partial charge in [0.15, 0.2) is 0 Å². The number of nitriles is 1. The fraction of sp³-hybridized carbons (Fsp3) is 0.192. The van der Waals surface area contributed by atoms with Gasteiger partial charge in [-0.3, -0.25) is 14.5 Å². The van der Waals surface area contributed by atoms with Gasteiger partial charge in [0.25, 0.3) is 5.91 Å². The molecule has 1 atom stereocenters. The van der Waals surface area contributed by atoms with Crippen molar-refractivity contribution < 1.29 is 14.0 Å². The van der Waals surface area contributed by atoms with Gasteiger partial charge in [-0.25, -0.2) is 0 Å². The summed E-state index contributed by atoms with van der Waals surface area (Å²) >= 11 is 1.26. The highest BCUT2D eigenvalue weighted by Crippen LogP contribution is 2.42. The molecule has 1 unspecified atom stereocenters. The number of hydrogen-bond donors (Lipinski definition) is 1. The molecule has 2 heterocycles. The average molecular weight is 458 g/mol. The van der Waals surface area contributed by atoms with E-state index in [-0.39, 0.29) is 18.0 Å². The van der Waals surface area contributed by atoms with E-state index in [9.17, 15) is 14.9 Å². The molecule has 33 heavy (non-hydrogen) atoms. The molecule has 1 N–H and O–H groups in total. The predicted octanol–water partition coefficient (Wildman–Crippen LogP) is 4.64. The lowest BCUT2D eigenvalue weighted by molar-refractivity contribution is -0.117. The van der Waals surface area contributed by atoms with Gasteiger partial charge in [0.1, 0.15) is 22.4 Å². The van der Waals surface area contributed by atoms with Crippen LogP contribution in [0.2, 0.25) is 0 Å². The van der Waals surface area contributed by atoms with Gasteiger partial charge >= 0.3 is 0 Å². The normalized spacial score (nSPS) is 17.1. The van der Waals surface area contributed by atoms with Crippen LogP contribution in [0.5, 0.6) is 0 Å². The van der Waals surface area contributed by atoms with Crippen molar-refractivity contribution in [3.05, 3.63) is 100.0 Å². The van der Waals surface area contributed by atoms with Gasteiger partial charge in [-0.15, -0.1) is 0 Å². The quantitative estimate of drug-likeness (QED) is 0.431. The van der Waals surface area contributed by atoms with Crippen LogP contribution >= 0.6 is 11.8 Å². The minimum absolute atomic E-state index is 0.0892. The minimum Gasteiger partial charge on any atom is -0.467 e. The lowest BCUT2D eigenvalue weighted by Crippen LogP contribution is -2.32. The third kappa shape index (κ3) is 4.86. The van der Waals surface area contributed by atoms with Crippen LogP contribution in [0.15, 0.2) is 81.9 Å². The molecule has 1 saturated heterocycles. The molecule has 0 saturated carbocycles. The van der Waals surface area contributed by atoms with Crippen LogP contribution in [0.3, 0.4) is 0 Å². The molecule has 166 valence electrons. The van der Waals surface area contributed by atoms with Crippen molar-refractivity contribution in [3.8, 4) is 6.07 Å². The van der Waals surface area contributed by atoms with E-state index >= 15 is 0 Å². The van der Waals surface area contributed by atoms with Gasteiger partial charge in [0, 0.05) is 5.69 Å². The molecule has 4 rings (SSSR count). The van der Waals surface area contributed by atoms with Crippen LogP contribution in [0.25, 0.3) is 0 Å². The van der Waals surface area contributed by atoms with Crippen LogP contribution in [0.1, 0.15) is 22.5 Å². The van der Waals surface area contributed by atoms with Gasteiger partial charge < -0.3 is 9.73 Å². The standard InChI is InChI=1S/C26H23N3O3S/c1-17-10-11-20(13-18(17)2)29-25(31)23(14-19-7-4-3-5-8-19)33-26(29)22(15-27)24(30)28-16-21-9-6-12-32-21/h3-13,23H,14,16H2,1-2H3,(H,28,30)/b26-22-. The Balaban J connectivity index is 1.70. The van der Waals surface area contributed by atoms with Gasteiger partial charge in [0.2, 0.25) is 5.91 Å². The van der Waals surface area contributed by atoms with Crippen molar-refractivity contribution in [1.29, 1.82) is 5.26 Å². The summed E-state index contributed by atoms with van der Waals surface area (Å²) in [5.74, 6) is -0.110. The smallest absolute Gasteiger partial charge is 0.265 e. The zero-order valence-electron chi connectivity index (χ0n) is 18.4. The number of carbonyl (C=O) groups excluding carboxylic acids is 2. The van der Waals surface area contributed by atoms with Crippen molar-refractivity contribution in [2.75, 3.05) is 4.90 Å². The van der Waals surface area contributed by atoms with E-state index in [1.54, 1.807) is 12.1 Å². The summed E-state index contributed by atoms with van der Waals surface area (Å²) in [6.45, 7) is 4.12. The summed E-state index contributed by atoms with van der Waals surface area (Å²) in [5, 5.41) is 12.5. The lowest BCUT2D eigenvalue weighted by atomic mass is 10.1. The Bertz CT molecular complexity index is 1240. The summed E-state index contributed by atoms with van der Waals surface area (Å²) in [4.78, 5) is 28.0. The van der Waals surface area contributed by atoms with Crippen molar-refractivity contribution in [1.82, 2.24) is 5.32 Å². The van der Waals surface area contributed by atoms with Crippen LogP contribution in [0.4, 0.5) is 5.69 Å². The van der Waals surface area contributed by atoms with Crippen molar-refractivity contribution in [3.63, 3.8) is 0 Å². The zero-order chi connectivity index (χ0) is 23.4.